The van der Waals surface area contributed by atoms with Gasteiger partial charge in [0.1, 0.15) is 0 Å². The molecule has 0 saturated carbocycles. The van der Waals surface area contributed by atoms with E-state index in [9.17, 15) is 0 Å². The standard InChI is InChI=1S/C24H29N3O2/c1-2-6-20(7-3-1)24-21(18-25-10-14-28-15-11-25)22-8-4-5-9-27(22)23(24)19-26-12-16-29-17-13-26/h1-9H,10-19H2. The van der Waals surface area contributed by atoms with Crippen LogP contribution in [-0.4, -0.2) is 66.8 Å². The van der Waals surface area contributed by atoms with Gasteiger partial charge in [0.2, 0.25) is 0 Å². The monoisotopic (exact) mass is 391 g/mol. The predicted octanol–water partition coefficient (Wildman–Crippen LogP) is 3.27. The van der Waals surface area contributed by atoms with E-state index in [0.29, 0.717) is 0 Å². The van der Waals surface area contributed by atoms with Crippen LogP contribution >= 0.6 is 0 Å². The predicted molar refractivity (Wildman–Crippen MR) is 115 cm³/mol. The third-order valence-electron chi connectivity index (χ3n) is 6.08. The molecule has 0 aliphatic carbocycles. The highest BCUT2D eigenvalue weighted by Crippen LogP contribution is 2.35. The van der Waals surface area contributed by atoms with E-state index >= 15 is 0 Å². The highest BCUT2D eigenvalue weighted by atomic mass is 16.5. The van der Waals surface area contributed by atoms with Crippen molar-refractivity contribution in [3.05, 3.63) is 66.0 Å². The Morgan fingerprint density at radius 3 is 2.00 bits per heavy atom. The maximum atomic E-state index is 5.58. The lowest BCUT2D eigenvalue weighted by Gasteiger charge is -2.28. The number of aromatic nitrogens is 1. The zero-order valence-corrected chi connectivity index (χ0v) is 16.9. The number of ether oxygens (including phenoxy) is 2. The van der Waals surface area contributed by atoms with E-state index in [1.54, 1.807) is 0 Å². The van der Waals surface area contributed by atoms with Gasteiger partial charge in [-0.25, -0.2) is 0 Å². The summed E-state index contributed by atoms with van der Waals surface area (Å²) in [6, 6.07) is 17.5. The van der Waals surface area contributed by atoms with Crippen LogP contribution in [0.1, 0.15) is 11.3 Å². The van der Waals surface area contributed by atoms with Gasteiger partial charge in [-0.3, -0.25) is 9.80 Å². The van der Waals surface area contributed by atoms with E-state index < -0.39 is 0 Å². The lowest BCUT2D eigenvalue weighted by Crippen LogP contribution is -2.36. The highest BCUT2D eigenvalue weighted by Gasteiger charge is 2.24. The normalized spacial score (nSPS) is 19.0. The average Bonchev–Trinajstić information content (AvgIpc) is 3.09. The highest BCUT2D eigenvalue weighted by molar-refractivity contribution is 5.80. The molecule has 0 radical (unpaired) electrons. The Balaban J connectivity index is 1.62. The summed E-state index contributed by atoms with van der Waals surface area (Å²) in [4.78, 5) is 5.04. The van der Waals surface area contributed by atoms with E-state index in [2.05, 4.69) is 68.9 Å². The Bertz CT molecular complexity index is 884. The van der Waals surface area contributed by atoms with Crippen molar-refractivity contribution >= 4 is 5.52 Å². The van der Waals surface area contributed by atoms with Crippen LogP contribution in [0.2, 0.25) is 0 Å². The Morgan fingerprint density at radius 2 is 1.31 bits per heavy atom. The number of hydrogen-bond donors (Lipinski definition) is 0. The minimum Gasteiger partial charge on any atom is -0.379 e. The lowest BCUT2D eigenvalue weighted by molar-refractivity contribution is 0.0334. The first-order valence-electron chi connectivity index (χ1n) is 10.7. The summed E-state index contributed by atoms with van der Waals surface area (Å²) in [7, 11) is 0. The van der Waals surface area contributed by atoms with Gasteiger partial charge in [0.15, 0.2) is 0 Å². The summed E-state index contributed by atoms with van der Waals surface area (Å²) in [6.07, 6.45) is 2.22. The quantitative estimate of drug-likeness (QED) is 0.668. The zero-order chi connectivity index (χ0) is 19.5. The average molecular weight is 392 g/mol. The number of nitrogens with zero attached hydrogens (tertiary/aromatic N) is 3. The fourth-order valence-corrected chi connectivity index (χ4v) is 4.56. The Morgan fingerprint density at radius 1 is 0.690 bits per heavy atom. The number of pyridine rings is 1. The van der Waals surface area contributed by atoms with Crippen LogP contribution in [0.3, 0.4) is 0 Å². The third-order valence-corrected chi connectivity index (χ3v) is 6.08. The summed E-state index contributed by atoms with van der Waals surface area (Å²) in [6.45, 7) is 9.19. The van der Waals surface area contributed by atoms with Crippen LogP contribution in [0.4, 0.5) is 0 Å². The number of rotatable bonds is 5. The number of fused-ring (bicyclic) bond motifs is 1. The van der Waals surface area contributed by atoms with Gasteiger partial charge in [0, 0.05) is 56.7 Å². The van der Waals surface area contributed by atoms with Crippen molar-refractivity contribution in [2.24, 2.45) is 0 Å². The molecule has 5 heteroatoms. The molecule has 1 aromatic carbocycles. The van der Waals surface area contributed by atoms with Gasteiger partial charge in [0.05, 0.1) is 31.9 Å². The van der Waals surface area contributed by atoms with E-state index in [1.807, 2.05) is 0 Å². The molecule has 0 spiro atoms. The second-order valence-corrected chi connectivity index (χ2v) is 7.90. The first kappa shape index (κ1) is 18.8. The molecular formula is C24H29N3O2. The van der Waals surface area contributed by atoms with Crippen molar-refractivity contribution in [3.8, 4) is 11.1 Å². The molecule has 152 valence electrons. The Hall–Kier alpha value is -2.18. The minimum absolute atomic E-state index is 0.824. The largest absolute Gasteiger partial charge is 0.379 e. The van der Waals surface area contributed by atoms with Crippen molar-refractivity contribution in [3.63, 3.8) is 0 Å². The molecule has 0 unspecified atom stereocenters. The first-order valence-corrected chi connectivity index (χ1v) is 10.7. The molecule has 5 nitrogen and oxygen atoms in total. The van der Waals surface area contributed by atoms with E-state index in [1.165, 1.54) is 27.9 Å². The SMILES string of the molecule is c1ccc(-c2c(CN3CCOCC3)c3ccccn3c2CN2CCOCC2)cc1. The minimum atomic E-state index is 0.824. The summed E-state index contributed by atoms with van der Waals surface area (Å²) in [5, 5.41) is 0. The van der Waals surface area contributed by atoms with Crippen LogP contribution in [0.25, 0.3) is 16.6 Å². The van der Waals surface area contributed by atoms with Gasteiger partial charge in [-0.1, -0.05) is 36.4 Å². The van der Waals surface area contributed by atoms with Crippen molar-refractivity contribution in [2.45, 2.75) is 13.1 Å². The third kappa shape index (κ3) is 3.96. The topological polar surface area (TPSA) is 29.4 Å². The summed E-state index contributed by atoms with van der Waals surface area (Å²) in [5.74, 6) is 0. The molecular weight excluding hydrogens is 362 g/mol. The molecule has 2 fully saturated rings. The molecule has 3 aromatic rings. The molecule has 0 amide bonds. The number of morpholine rings is 2. The number of hydrogen-bond acceptors (Lipinski definition) is 4. The molecule has 2 aliphatic rings. The zero-order valence-electron chi connectivity index (χ0n) is 16.9. The van der Waals surface area contributed by atoms with Gasteiger partial charge in [-0.15, -0.1) is 0 Å². The van der Waals surface area contributed by atoms with E-state index in [4.69, 9.17) is 9.47 Å². The van der Waals surface area contributed by atoms with E-state index in [0.717, 1.165) is 65.7 Å². The smallest absolute Gasteiger partial charge is 0.0594 e. The second kappa shape index (κ2) is 8.67. The van der Waals surface area contributed by atoms with Crippen molar-refractivity contribution in [1.29, 1.82) is 0 Å². The maximum Gasteiger partial charge on any atom is 0.0594 e. The van der Waals surface area contributed by atoms with Crippen LogP contribution < -0.4 is 0 Å². The van der Waals surface area contributed by atoms with Gasteiger partial charge in [-0.2, -0.15) is 0 Å². The van der Waals surface area contributed by atoms with Crippen molar-refractivity contribution in [2.75, 3.05) is 52.6 Å². The molecule has 4 heterocycles. The molecule has 0 atom stereocenters. The molecule has 0 bridgehead atoms. The van der Waals surface area contributed by atoms with Gasteiger partial charge in [-0.05, 0) is 23.3 Å². The molecule has 5 rings (SSSR count). The number of benzene rings is 1. The lowest BCUT2D eigenvalue weighted by atomic mass is 9.99. The molecule has 2 aliphatic heterocycles. The van der Waals surface area contributed by atoms with Crippen LogP contribution in [-0.2, 0) is 22.6 Å². The fraction of sp³-hybridized carbons (Fsp3) is 0.417. The summed E-state index contributed by atoms with van der Waals surface area (Å²) in [5.41, 5.74) is 6.84. The molecule has 29 heavy (non-hydrogen) atoms. The summed E-state index contributed by atoms with van der Waals surface area (Å²) < 4.78 is 13.6. The van der Waals surface area contributed by atoms with Crippen LogP contribution in [0.5, 0.6) is 0 Å². The van der Waals surface area contributed by atoms with Gasteiger partial charge in [0.25, 0.3) is 0 Å². The van der Waals surface area contributed by atoms with Crippen LogP contribution in [0, 0.1) is 0 Å². The van der Waals surface area contributed by atoms with Crippen molar-refractivity contribution < 1.29 is 9.47 Å². The molecule has 0 N–H and O–H groups in total. The fourth-order valence-electron chi connectivity index (χ4n) is 4.56. The Labute approximate surface area is 172 Å². The van der Waals surface area contributed by atoms with Crippen LogP contribution in [0.15, 0.2) is 54.7 Å². The Kier molecular flexibility index (Phi) is 5.63. The first-order chi connectivity index (χ1) is 14.4. The van der Waals surface area contributed by atoms with E-state index in [-0.39, 0.29) is 0 Å². The van der Waals surface area contributed by atoms with Gasteiger partial charge < -0.3 is 13.9 Å². The van der Waals surface area contributed by atoms with Gasteiger partial charge >= 0.3 is 0 Å². The molecule has 2 saturated heterocycles. The summed E-state index contributed by atoms with van der Waals surface area (Å²) >= 11 is 0. The second-order valence-electron chi connectivity index (χ2n) is 7.90. The molecule has 2 aromatic heterocycles. The van der Waals surface area contributed by atoms with Crippen molar-refractivity contribution in [1.82, 2.24) is 14.2 Å². The maximum absolute atomic E-state index is 5.58.